The fourth-order valence-electron chi connectivity index (χ4n) is 7.08. The van der Waals surface area contributed by atoms with Gasteiger partial charge in [0.15, 0.2) is 4.34 Å². The zero-order valence-corrected chi connectivity index (χ0v) is 20.9. The van der Waals surface area contributed by atoms with Crippen LogP contribution in [0.15, 0.2) is 52.9 Å². The highest BCUT2D eigenvalue weighted by Crippen LogP contribution is 2.66. The molecule has 4 saturated carbocycles. The number of rotatable bonds is 6. The minimum absolute atomic E-state index is 0.111. The van der Waals surface area contributed by atoms with Crippen LogP contribution in [0.25, 0.3) is 0 Å². The van der Waals surface area contributed by atoms with Crippen LogP contribution in [0.4, 0.5) is 9.52 Å². The van der Waals surface area contributed by atoms with Crippen LogP contribution in [-0.2, 0) is 16.0 Å². The van der Waals surface area contributed by atoms with Gasteiger partial charge in [-0.2, -0.15) is 0 Å². The quantitative estimate of drug-likeness (QED) is 0.305. The van der Waals surface area contributed by atoms with Crippen LogP contribution < -0.4 is 5.32 Å². The monoisotopic (exact) mass is 493 g/mol. The number of nitrogens with one attached hydrogen (secondary N) is 1. The molecule has 176 valence electrons. The molecule has 7 rings (SSSR count). The Labute approximate surface area is 207 Å². The molecule has 4 nitrogen and oxygen atoms in total. The van der Waals surface area contributed by atoms with Gasteiger partial charge in [0.1, 0.15) is 5.82 Å². The highest BCUT2D eigenvalue weighted by atomic mass is 32.2. The summed E-state index contributed by atoms with van der Waals surface area (Å²) in [5.41, 5.74) is 3.13. The second kappa shape index (κ2) is 8.45. The predicted octanol–water partition coefficient (Wildman–Crippen LogP) is 6.75. The van der Waals surface area contributed by atoms with E-state index in [-0.39, 0.29) is 22.6 Å². The van der Waals surface area contributed by atoms with E-state index in [0.717, 1.165) is 23.6 Å². The largest absolute Gasteiger partial charge is 0.300 e. The summed E-state index contributed by atoms with van der Waals surface area (Å²) in [7, 11) is 0. The maximum absolute atomic E-state index is 13.9. The van der Waals surface area contributed by atoms with Crippen LogP contribution in [0.2, 0.25) is 0 Å². The predicted molar refractivity (Wildman–Crippen MR) is 134 cm³/mol. The fraction of sp³-hybridized carbons (Fsp3) is 0.444. The molecule has 2 atom stereocenters. The van der Waals surface area contributed by atoms with E-state index >= 15 is 0 Å². The Balaban J connectivity index is 1.18. The van der Waals surface area contributed by atoms with Gasteiger partial charge in [0.05, 0.1) is 5.41 Å². The molecule has 2 aromatic carbocycles. The number of benzene rings is 2. The number of amides is 1. The van der Waals surface area contributed by atoms with Crippen LogP contribution in [0.5, 0.6) is 0 Å². The van der Waals surface area contributed by atoms with Crippen LogP contribution in [0.3, 0.4) is 0 Å². The lowest BCUT2D eigenvalue weighted by molar-refractivity contribution is -0.143. The number of nitrogens with zero attached hydrogens (tertiary/aromatic N) is 2. The summed E-state index contributed by atoms with van der Waals surface area (Å²) in [6.07, 6.45) is 6.57. The van der Waals surface area contributed by atoms with Gasteiger partial charge in [-0.05, 0) is 79.9 Å². The number of hydrogen-bond donors (Lipinski definition) is 1. The Kier molecular flexibility index (Phi) is 5.52. The van der Waals surface area contributed by atoms with Crippen molar-refractivity contribution in [1.82, 2.24) is 10.2 Å². The van der Waals surface area contributed by atoms with Crippen molar-refractivity contribution >= 4 is 34.1 Å². The van der Waals surface area contributed by atoms with Crippen molar-refractivity contribution in [2.75, 3.05) is 5.32 Å². The third kappa shape index (κ3) is 3.97. The van der Waals surface area contributed by atoms with Crippen molar-refractivity contribution in [3.8, 4) is 0 Å². The summed E-state index contributed by atoms with van der Waals surface area (Å²) >= 11 is 2.82. The highest BCUT2D eigenvalue weighted by Gasteiger charge is 2.61. The molecule has 1 amide bonds. The van der Waals surface area contributed by atoms with Crippen LogP contribution >= 0.6 is 23.1 Å². The highest BCUT2D eigenvalue weighted by molar-refractivity contribution is 8.00. The number of halogens is 1. The van der Waals surface area contributed by atoms with Crippen LogP contribution in [0, 0.1) is 30.0 Å². The summed E-state index contributed by atoms with van der Waals surface area (Å²) in [4.78, 5) is 13.7. The van der Waals surface area contributed by atoms with Crippen molar-refractivity contribution in [2.45, 2.75) is 61.0 Å². The van der Waals surface area contributed by atoms with Gasteiger partial charge in [-0.1, -0.05) is 71.1 Å². The number of anilines is 1. The van der Waals surface area contributed by atoms with Gasteiger partial charge in [0.25, 0.3) is 0 Å². The van der Waals surface area contributed by atoms with Crippen molar-refractivity contribution in [1.29, 1.82) is 0 Å². The molecule has 1 heterocycles. The average Bonchev–Trinajstić information content (AvgIpc) is 3.25. The SMILES string of the molecule is Cc1ccc(C23C[C@@H]4C[C@H](CC(C(=O)Nc5nnc(SCc6ccccc6F)s5)(C4)C2)C3)cc1. The molecule has 0 unspecified atom stereocenters. The molecule has 0 aliphatic heterocycles. The third-order valence-electron chi connectivity index (χ3n) is 8.14. The fourth-order valence-corrected chi connectivity index (χ4v) is 8.81. The van der Waals surface area contributed by atoms with E-state index in [4.69, 9.17) is 0 Å². The maximum Gasteiger partial charge on any atom is 0.232 e. The smallest absolute Gasteiger partial charge is 0.232 e. The van der Waals surface area contributed by atoms with E-state index in [1.165, 1.54) is 59.6 Å². The van der Waals surface area contributed by atoms with Gasteiger partial charge >= 0.3 is 0 Å². The Bertz CT molecular complexity index is 1210. The van der Waals surface area contributed by atoms with Crippen molar-refractivity contribution in [3.63, 3.8) is 0 Å². The summed E-state index contributed by atoms with van der Waals surface area (Å²) < 4.78 is 14.6. The van der Waals surface area contributed by atoms with E-state index in [0.29, 0.717) is 28.3 Å². The molecule has 0 saturated heterocycles. The molecule has 0 spiro atoms. The number of hydrogen-bond acceptors (Lipinski definition) is 5. The Morgan fingerprint density at radius 2 is 1.82 bits per heavy atom. The van der Waals surface area contributed by atoms with Crippen LogP contribution in [-0.4, -0.2) is 16.1 Å². The van der Waals surface area contributed by atoms with Crippen molar-refractivity contribution < 1.29 is 9.18 Å². The van der Waals surface area contributed by atoms with E-state index in [1.807, 2.05) is 6.07 Å². The van der Waals surface area contributed by atoms with Gasteiger partial charge in [0.2, 0.25) is 11.0 Å². The standard InChI is InChI=1S/C27H28FN3OS2/c1-17-6-8-21(9-7-17)26-11-18-10-19(12-26)14-27(13-18,16-26)23(32)29-24-30-31-25(34-24)33-15-20-4-2-3-5-22(20)28/h2-9,18-19H,10-16H2,1H3,(H,29,30,32)/t18-,19-,26?,27?/m0/s1. The normalized spacial score (nSPS) is 29.4. The molecule has 4 aliphatic carbocycles. The summed E-state index contributed by atoms with van der Waals surface area (Å²) in [6.45, 7) is 2.13. The Hall–Kier alpha value is -2.25. The lowest BCUT2D eigenvalue weighted by atomic mass is 9.42. The molecular formula is C27H28FN3OS2. The topological polar surface area (TPSA) is 54.9 Å². The maximum atomic E-state index is 13.9. The molecule has 4 aliphatic rings. The summed E-state index contributed by atoms with van der Waals surface area (Å²) in [5.74, 6) is 1.63. The number of carbonyl (C=O) groups excluding carboxylic acids is 1. The van der Waals surface area contributed by atoms with Gasteiger partial charge in [-0.25, -0.2) is 4.39 Å². The zero-order valence-electron chi connectivity index (χ0n) is 19.2. The van der Waals surface area contributed by atoms with Gasteiger partial charge < -0.3 is 5.32 Å². The lowest BCUT2D eigenvalue weighted by Crippen LogP contribution is -2.57. The summed E-state index contributed by atoms with van der Waals surface area (Å²) in [6, 6.07) is 15.8. The number of aromatic nitrogens is 2. The second-order valence-electron chi connectivity index (χ2n) is 10.6. The van der Waals surface area contributed by atoms with Gasteiger partial charge in [-0.15, -0.1) is 10.2 Å². The van der Waals surface area contributed by atoms with Gasteiger partial charge in [-0.3, -0.25) is 4.79 Å². The minimum Gasteiger partial charge on any atom is -0.300 e. The number of carbonyl (C=O) groups is 1. The first kappa shape index (κ1) is 22.2. The second-order valence-corrected chi connectivity index (χ2v) is 12.8. The molecule has 4 fully saturated rings. The van der Waals surface area contributed by atoms with Crippen molar-refractivity contribution in [3.05, 3.63) is 71.0 Å². The number of thioether (sulfide) groups is 1. The van der Waals surface area contributed by atoms with E-state index in [2.05, 4.69) is 46.7 Å². The van der Waals surface area contributed by atoms with Gasteiger partial charge in [0, 0.05) is 5.75 Å². The Morgan fingerprint density at radius 3 is 2.56 bits per heavy atom. The Morgan fingerprint density at radius 1 is 1.09 bits per heavy atom. The molecule has 1 N–H and O–H groups in total. The first-order chi connectivity index (χ1) is 16.4. The van der Waals surface area contributed by atoms with E-state index in [1.54, 1.807) is 12.1 Å². The molecule has 0 radical (unpaired) electrons. The molecule has 4 bridgehead atoms. The molecular weight excluding hydrogens is 465 g/mol. The van der Waals surface area contributed by atoms with Crippen LogP contribution in [0.1, 0.15) is 55.2 Å². The lowest BCUT2D eigenvalue weighted by Gasteiger charge is -2.61. The molecule has 1 aromatic heterocycles. The molecule has 34 heavy (non-hydrogen) atoms. The molecule has 7 heteroatoms. The summed E-state index contributed by atoms with van der Waals surface area (Å²) in [5, 5.41) is 12.1. The van der Waals surface area contributed by atoms with E-state index in [9.17, 15) is 9.18 Å². The first-order valence-electron chi connectivity index (χ1n) is 12.0. The minimum atomic E-state index is -0.318. The number of aryl methyl sites for hydroxylation is 1. The first-order valence-corrected chi connectivity index (χ1v) is 13.8. The third-order valence-corrected chi connectivity index (χ3v) is 10.2. The molecule has 3 aromatic rings. The van der Waals surface area contributed by atoms with E-state index < -0.39 is 0 Å². The zero-order chi connectivity index (χ0) is 23.3. The van der Waals surface area contributed by atoms with Crippen molar-refractivity contribution in [2.24, 2.45) is 17.3 Å². The average molecular weight is 494 g/mol.